The first-order valence-corrected chi connectivity index (χ1v) is 20.4. The standard InChI is InChI=1S/C54H44N2/c1-53(2)44-28-26-34(55-46-22-12-8-18-36(46)37-19-9-13-23-47(37)55)30-41(44)42-32-40(33-16-6-5-7-17-33)50-43-31-35(27-29-45(43)54(3,4)52(50)51(42)53)56-48-24-14-10-20-38(48)39-21-11-15-25-49(39)56/h5-12,14-22,24-29,31-32,34H,13,23,30H2,1-4H3. The lowest BCUT2D eigenvalue weighted by atomic mass is 9.71. The Hall–Kier alpha value is -6.12. The summed E-state index contributed by atoms with van der Waals surface area (Å²) in [5, 5.41) is 3.96. The van der Waals surface area contributed by atoms with Crippen molar-refractivity contribution < 1.29 is 0 Å². The van der Waals surface area contributed by atoms with Crippen LogP contribution < -0.4 is 0 Å². The average molecular weight is 721 g/mol. The lowest BCUT2D eigenvalue weighted by molar-refractivity contribution is 0.582. The van der Waals surface area contributed by atoms with Gasteiger partial charge in [0.25, 0.3) is 0 Å². The maximum atomic E-state index is 2.68. The van der Waals surface area contributed by atoms with Crippen LogP contribution in [0.2, 0.25) is 0 Å². The van der Waals surface area contributed by atoms with Gasteiger partial charge in [-0.25, -0.2) is 0 Å². The SMILES string of the molecule is CC1(C)C2=C(CC(n3c4c(c5ccccc53)C=CCC4)C=C2)c2cc(-c3ccccc3)c3c(c21)C(C)(C)c1ccc(-n2c4ccccc4c4ccccc42)cc1-3. The van der Waals surface area contributed by atoms with E-state index in [0.717, 1.165) is 19.3 Å². The first kappa shape index (κ1) is 32.2. The monoisotopic (exact) mass is 720 g/mol. The van der Waals surface area contributed by atoms with Gasteiger partial charge in [0.05, 0.1) is 17.1 Å². The van der Waals surface area contributed by atoms with Gasteiger partial charge < -0.3 is 9.13 Å². The Morgan fingerprint density at radius 3 is 2.02 bits per heavy atom. The van der Waals surface area contributed by atoms with E-state index < -0.39 is 0 Å². The quantitative estimate of drug-likeness (QED) is 0.172. The van der Waals surface area contributed by atoms with E-state index in [-0.39, 0.29) is 16.9 Å². The molecule has 2 heterocycles. The van der Waals surface area contributed by atoms with Gasteiger partial charge in [-0.2, -0.15) is 0 Å². The molecule has 4 aliphatic carbocycles. The smallest absolute Gasteiger partial charge is 0.0563 e. The Kier molecular flexibility index (Phi) is 6.45. The highest BCUT2D eigenvalue weighted by atomic mass is 15.0. The van der Waals surface area contributed by atoms with Crippen molar-refractivity contribution in [1.82, 2.24) is 9.13 Å². The molecule has 270 valence electrons. The molecule has 4 aliphatic rings. The minimum atomic E-state index is -0.185. The van der Waals surface area contributed by atoms with E-state index >= 15 is 0 Å². The third kappa shape index (κ3) is 4.12. The van der Waals surface area contributed by atoms with Crippen LogP contribution in [0.3, 0.4) is 0 Å². The average Bonchev–Trinajstić information content (AvgIpc) is 3.89. The topological polar surface area (TPSA) is 9.86 Å². The largest absolute Gasteiger partial charge is 0.337 e. The molecular formula is C54H44N2. The van der Waals surface area contributed by atoms with Crippen molar-refractivity contribution in [2.45, 2.75) is 63.8 Å². The Bertz CT molecular complexity index is 3040. The van der Waals surface area contributed by atoms with E-state index in [1.807, 2.05) is 0 Å². The van der Waals surface area contributed by atoms with E-state index in [1.165, 1.54) is 105 Å². The number of hydrogen-bond donors (Lipinski definition) is 0. The van der Waals surface area contributed by atoms with Crippen LogP contribution in [0.5, 0.6) is 0 Å². The van der Waals surface area contributed by atoms with Gasteiger partial charge in [-0.05, 0) is 111 Å². The zero-order chi connectivity index (χ0) is 37.5. The van der Waals surface area contributed by atoms with Gasteiger partial charge in [-0.1, -0.05) is 143 Å². The summed E-state index contributed by atoms with van der Waals surface area (Å²) < 4.78 is 5.15. The second kappa shape index (κ2) is 11.2. The molecular weight excluding hydrogens is 677 g/mol. The molecule has 0 saturated carbocycles. The lowest BCUT2D eigenvalue weighted by Gasteiger charge is -2.32. The van der Waals surface area contributed by atoms with Crippen molar-refractivity contribution >= 4 is 44.4 Å². The van der Waals surface area contributed by atoms with Gasteiger partial charge in [0.2, 0.25) is 0 Å². The van der Waals surface area contributed by atoms with Crippen molar-refractivity contribution in [3.05, 3.63) is 185 Å². The highest BCUT2D eigenvalue weighted by Crippen LogP contribution is 2.62. The molecule has 8 aromatic rings. The van der Waals surface area contributed by atoms with Crippen molar-refractivity contribution in [2.24, 2.45) is 0 Å². The summed E-state index contributed by atoms with van der Waals surface area (Å²) in [7, 11) is 0. The summed E-state index contributed by atoms with van der Waals surface area (Å²) in [5.74, 6) is 0. The van der Waals surface area contributed by atoms with Gasteiger partial charge in [0, 0.05) is 49.5 Å². The molecule has 1 unspecified atom stereocenters. The Morgan fingerprint density at radius 2 is 1.27 bits per heavy atom. The first-order chi connectivity index (χ1) is 27.3. The third-order valence-electron chi connectivity index (χ3n) is 13.9. The predicted molar refractivity (Wildman–Crippen MR) is 236 cm³/mol. The lowest BCUT2D eigenvalue weighted by Crippen LogP contribution is -2.25. The number of aromatic nitrogens is 2. The Labute approximate surface area is 328 Å². The van der Waals surface area contributed by atoms with Crippen LogP contribution in [0, 0.1) is 0 Å². The van der Waals surface area contributed by atoms with Gasteiger partial charge in [0.15, 0.2) is 0 Å². The van der Waals surface area contributed by atoms with Crippen LogP contribution in [0.15, 0.2) is 151 Å². The molecule has 0 aliphatic heterocycles. The highest BCUT2D eigenvalue weighted by Gasteiger charge is 2.48. The summed E-state index contributed by atoms with van der Waals surface area (Å²) in [5.41, 5.74) is 21.9. The molecule has 0 saturated heterocycles. The summed E-state index contributed by atoms with van der Waals surface area (Å²) >= 11 is 0. The van der Waals surface area contributed by atoms with Crippen molar-refractivity contribution in [2.75, 3.05) is 0 Å². The minimum absolute atomic E-state index is 0.138. The number of allylic oxidation sites excluding steroid dienone is 5. The summed E-state index contributed by atoms with van der Waals surface area (Å²) in [6.07, 6.45) is 12.9. The second-order valence-corrected chi connectivity index (χ2v) is 17.5. The zero-order valence-corrected chi connectivity index (χ0v) is 32.5. The highest BCUT2D eigenvalue weighted by molar-refractivity contribution is 6.09. The normalized spacial score (nSPS) is 18.4. The number of fused-ring (bicyclic) bond motifs is 12. The Morgan fingerprint density at radius 1 is 0.589 bits per heavy atom. The van der Waals surface area contributed by atoms with Crippen LogP contribution in [-0.2, 0) is 17.3 Å². The molecule has 0 N–H and O–H groups in total. The van der Waals surface area contributed by atoms with Gasteiger partial charge >= 0.3 is 0 Å². The number of rotatable bonds is 3. The molecule has 2 nitrogen and oxygen atoms in total. The van der Waals surface area contributed by atoms with Crippen LogP contribution in [-0.4, -0.2) is 9.13 Å². The van der Waals surface area contributed by atoms with Crippen LogP contribution in [0.4, 0.5) is 0 Å². The molecule has 2 heteroatoms. The number of nitrogens with zero attached hydrogens (tertiary/aromatic N) is 2. The van der Waals surface area contributed by atoms with Crippen LogP contribution in [0.1, 0.15) is 80.1 Å². The van der Waals surface area contributed by atoms with Gasteiger partial charge in [-0.3, -0.25) is 0 Å². The third-order valence-corrected chi connectivity index (χ3v) is 13.9. The van der Waals surface area contributed by atoms with E-state index in [4.69, 9.17) is 0 Å². The zero-order valence-electron chi connectivity index (χ0n) is 32.5. The van der Waals surface area contributed by atoms with Crippen molar-refractivity contribution in [1.29, 1.82) is 0 Å². The molecule has 0 bridgehead atoms. The molecule has 0 amide bonds. The summed E-state index contributed by atoms with van der Waals surface area (Å²) in [4.78, 5) is 0. The first-order valence-electron chi connectivity index (χ1n) is 20.4. The fourth-order valence-corrected chi connectivity index (χ4v) is 11.5. The molecule has 0 radical (unpaired) electrons. The van der Waals surface area contributed by atoms with Crippen molar-refractivity contribution in [3.63, 3.8) is 0 Å². The molecule has 2 aromatic heterocycles. The predicted octanol–water partition coefficient (Wildman–Crippen LogP) is 13.9. The van der Waals surface area contributed by atoms with Gasteiger partial charge in [0.1, 0.15) is 0 Å². The fraction of sp³-hybridized carbons (Fsp3) is 0.185. The van der Waals surface area contributed by atoms with Gasteiger partial charge in [-0.15, -0.1) is 0 Å². The second-order valence-electron chi connectivity index (χ2n) is 17.5. The van der Waals surface area contributed by atoms with Crippen molar-refractivity contribution in [3.8, 4) is 27.9 Å². The molecule has 0 spiro atoms. The van der Waals surface area contributed by atoms with E-state index in [0.29, 0.717) is 0 Å². The van der Waals surface area contributed by atoms with E-state index in [1.54, 1.807) is 0 Å². The summed E-state index contributed by atoms with van der Waals surface area (Å²) in [6, 6.07) is 48.1. The molecule has 6 aromatic carbocycles. The maximum absolute atomic E-state index is 2.68. The molecule has 1 atom stereocenters. The van der Waals surface area contributed by atoms with Crippen LogP contribution >= 0.6 is 0 Å². The number of hydrogen-bond acceptors (Lipinski definition) is 0. The van der Waals surface area contributed by atoms with E-state index in [2.05, 4.69) is 189 Å². The molecule has 56 heavy (non-hydrogen) atoms. The Balaban J connectivity index is 1.09. The minimum Gasteiger partial charge on any atom is -0.337 e. The maximum Gasteiger partial charge on any atom is 0.0563 e. The van der Waals surface area contributed by atoms with E-state index in [9.17, 15) is 0 Å². The number of para-hydroxylation sites is 3. The fourth-order valence-electron chi connectivity index (χ4n) is 11.5. The molecule has 12 rings (SSSR count). The van der Waals surface area contributed by atoms with Crippen LogP contribution in [0.25, 0.3) is 72.3 Å². The summed E-state index contributed by atoms with van der Waals surface area (Å²) in [6.45, 7) is 9.93. The number of benzene rings is 6. The molecule has 0 fully saturated rings.